The number of hydrogen-bond acceptors (Lipinski definition) is 2. The fraction of sp³-hybridized carbons (Fsp3) is 0.357. The number of aliphatic hydroxyl groups is 1. The summed E-state index contributed by atoms with van der Waals surface area (Å²) in [6.07, 6.45) is 3.03. The van der Waals surface area contributed by atoms with Crippen LogP contribution in [0.5, 0.6) is 0 Å². The molecule has 17 heavy (non-hydrogen) atoms. The lowest BCUT2D eigenvalue weighted by molar-refractivity contribution is 0.220. The molecule has 1 heterocycles. The van der Waals surface area contributed by atoms with E-state index in [1.54, 1.807) is 6.20 Å². The smallest absolute Gasteiger partial charge is 0.107 e. The van der Waals surface area contributed by atoms with Gasteiger partial charge in [-0.2, -0.15) is 5.10 Å². The van der Waals surface area contributed by atoms with Crippen LogP contribution >= 0.6 is 0 Å². The topological polar surface area (TPSA) is 38.0 Å². The second kappa shape index (κ2) is 4.72. The number of aryl methyl sites for hydroxylation is 3. The summed E-state index contributed by atoms with van der Waals surface area (Å²) in [6, 6.07) is 6.13. The highest BCUT2D eigenvalue weighted by atomic mass is 16.3. The van der Waals surface area contributed by atoms with Crippen molar-refractivity contribution in [3.63, 3.8) is 0 Å². The van der Waals surface area contributed by atoms with Gasteiger partial charge in [0.25, 0.3) is 0 Å². The van der Waals surface area contributed by atoms with Crippen molar-refractivity contribution in [2.75, 3.05) is 0 Å². The molecular formula is C14H18N2O. The highest BCUT2D eigenvalue weighted by Gasteiger charge is 2.13. The standard InChI is InChI=1S/C14H18N2O/c1-4-16-9-13(8-15-16)14(17)12-6-10(2)5-11(3)7-12/h5-9,14,17H,4H2,1-3H3. The van der Waals surface area contributed by atoms with Crippen LogP contribution in [0.4, 0.5) is 0 Å². The Bertz CT molecular complexity index is 496. The molecule has 0 amide bonds. The number of aliphatic hydroxyl groups excluding tert-OH is 1. The van der Waals surface area contributed by atoms with E-state index in [9.17, 15) is 5.11 Å². The number of hydrogen-bond donors (Lipinski definition) is 1. The van der Waals surface area contributed by atoms with Crippen molar-refractivity contribution in [1.29, 1.82) is 0 Å². The summed E-state index contributed by atoms with van der Waals surface area (Å²) in [5.74, 6) is 0. The maximum absolute atomic E-state index is 10.3. The normalized spacial score (nSPS) is 12.7. The van der Waals surface area contributed by atoms with Crippen molar-refractivity contribution in [1.82, 2.24) is 9.78 Å². The van der Waals surface area contributed by atoms with E-state index in [0.717, 1.165) is 17.7 Å². The van der Waals surface area contributed by atoms with Gasteiger partial charge in [0.15, 0.2) is 0 Å². The third kappa shape index (κ3) is 2.56. The Hall–Kier alpha value is -1.61. The second-order valence-electron chi connectivity index (χ2n) is 4.45. The molecule has 1 N–H and O–H groups in total. The predicted molar refractivity (Wildman–Crippen MR) is 67.9 cm³/mol. The van der Waals surface area contributed by atoms with E-state index in [1.807, 2.05) is 43.8 Å². The first kappa shape index (κ1) is 11.9. The summed E-state index contributed by atoms with van der Waals surface area (Å²) in [5.41, 5.74) is 4.11. The molecule has 0 bridgehead atoms. The Kier molecular flexibility index (Phi) is 3.29. The van der Waals surface area contributed by atoms with Crippen molar-refractivity contribution < 1.29 is 5.11 Å². The number of rotatable bonds is 3. The first-order valence-electron chi connectivity index (χ1n) is 5.88. The van der Waals surface area contributed by atoms with E-state index in [2.05, 4.69) is 11.2 Å². The molecule has 0 aliphatic heterocycles. The lowest BCUT2D eigenvalue weighted by Crippen LogP contribution is -2.00. The van der Waals surface area contributed by atoms with Crippen LogP contribution in [-0.4, -0.2) is 14.9 Å². The molecule has 0 spiro atoms. The molecule has 0 saturated carbocycles. The van der Waals surface area contributed by atoms with E-state index in [-0.39, 0.29) is 0 Å². The van der Waals surface area contributed by atoms with Gasteiger partial charge in [0.2, 0.25) is 0 Å². The monoisotopic (exact) mass is 230 g/mol. The van der Waals surface area contributed by atoms with Crippen LogP contribution in [0.2, 0.25) is 0 Å². The molecule has 1 unspecified atom stereocenters. The van der Waals surface area contributed by atoms with Crippen LogP contribution in [0.15, 0.2) is 30.6 Å². The molecule has 0 aliphatic carbocycles. The van der Waals surface area contributed by atoms with Crippen molar-refractivity contribution in [2.24, 2.45) is 0 Å². The number of aromatic nitrogens is 2. The van der Waals surface area contributed by atoms with Gasteiger partial charge in [0, 0.05) is 18.3 Å². The molecule has 0 radical (unpaired) electrons. The number of benzene rings is 1. The highest BCUT2D eigenvalue weighted by molar-refractivity contribution is 5.34. The predicted octanol–water partition coefficient (Wildman–Crippen LogP) is 2.60. The quantitative estimate of drug-likeness (QED) is 0.880. The van der Waals surface area contributed by atoms with Crippen LogP contribution in [0, 0.1) is 13.8 Å². The average molecular weight is 230 g/mol. The number of nitrogens with zero attached hydrogens (tertiary/aromatic N) is 2. The summed E-state index contributed by atoms with van der Waals surface area (Å²) in [4.78, 5) is 0. The third-order valence-electron chi connectivity index (χ3n) is 2.85. The minimum atomic E-state index is -0.589. The summed E-state index contributed by atoms with van der Waals surface area (Å²) in [7, 11) is 0. The summed E-state index contributed by atoms with van der Waals surface area (Å²) < 4.78 is 1.82. The van der Waals surface area contributed by atoms with E-state index in [4.69, 9.17) is 0 Å². The zero-order valence-corrected chi connectivity index (χ0v) is 10.5. The van der Waals surface area contributed by atoms with Gasteiger partial charge in [-0.15, -0.1) is 0 Å². The summed E-state index contributed by atoms with van der Waals surface area (Å²) in [6.45, 7) is 6.93. The fourth-order valence-electron chi connectivity index (χ4n) is 2.05. The molecule has 1 aromatic heterocycles. The van der Waals surface area contributed by atoms with Crippen LogP contribution in [0.3, 0.4) is 0 Å². The van der Waals surface area contributed by atoms with Gasteiger partial charge < -0.3 is 5.11 Å². The lowest BCUT2D eigenvalue weighted by Gasteiger charge is -2.10. The van der Waals surface area contributed by atoms with Crippen molar-refractivity contribution in [3.8, 4) is 0 Å². The van der Waals surface area contributed by atoms with E-state index < -0.39 is 6.10 Å². The summed E-state index contributed by atoms with van der Waals surface area (Å²) >= 11 is 0. The minimum Gasteiger partial charge on any atom is -0.384 e. The molecule has 1 atom stereocenters. The van der Waals surface area contributed by atoms with Gasteiger partial charge in [-0.1, -0.05) is 29.3 Å². The van der Waals surface area contributed by atoms with Gasteiger partial charge in [-0.25, -0.2) is 0 Å². The van der Waals surface area contributed by atoms with Crippen LogP contribution in [0.1, 0.15) is 35.3 Å². The second-order valence-corrected chi connectivity index (χ2v) is 4.45. The Morgan fingerprint density at radius 2 is 1.82 bits per heavy atom. The minimum absolute atomic E-state index is 0.589. The van der Waals surface area contributed by atoms with Crippen LogP contribution in [-0.2, 0) is 6.54 Å². The van der Waals surface area contributed by atoms with Gasteiger partial charge in [0.1, 0.15) is 6.10 Å². The highest BCUT2D eigenvalue weighted by Crippen LogP contribution is 2.23. The first-order valence-corrected chi connectivity index (χ1v) is 5.88. The SMILES string of the molecule is CCn1cc(C(O)c2cc(C)cc(C)c2)cn1. The maximum Gasteiger partial charge on any atom is 0.107 e. The molecule has 1 aromatic carbocycles. The van der Waals surface area contributed by atoms with E-state index in [1.165, 1.54) is 11.1 Å². The lowest BCUT2D eigenvalue weighted by atomic mass is 10.00. The van der Waals surface area contributed by atoms with Crippen LogP contribution in [0.25, 0.3) is 0 Å². The Labute approximate surface area is 102 Å². The molecule has 0 saturated heterocycles. The van der Waals surface area contributed by atoms with Crippen LogP contribution < -0.4 is 0 Å². The van der Waals surface area contributed by atoms with Gasteiger partial charge >= 0.3 is 0 Å². The molecule has 90 valence electrons. The summed E-state index contributed by atoms with van der Waals surface area (Å²) in [5, 5.41) is 14.5. The molecular weight excluding hydrogens is 212 g/mol. The zero-order chi connectivity index (χ0) is 12.4. The van der Waals surface area contributed by atoms with Crippen molar-refractivity contribution in [2.45, 2.75) is 33.4 Å². The van der Waals surface area contributed by atoms with Gasteiger partial charge in [0.05, 0.1) is 6.20 Å². The largest absolute Gasteiger partial charge is 0.384 e. The first-order chi connectivity index (χ1) is 8.10. The molecule has 3 nitrogen and oxygen atoms in total. The Morgan fingerprint density at radius 3 is 2.35 bits per heavy atom. The Morgan fingerprint density at radius 1 is 1.18 bits per heavy atom. The molecule has 0 aliphatic rings. The van der Waals surface area contributed by atoms with Gasteiger partial charge in [-0.05, 0) is 26.3 Å². The molecule has 0 fully saturated rings. The van der Waals surface area contributed by atoms with Crippen molar-refractivity contribution >= 4 is 0 Å². The average Bonchev–Trinajstić information content (AvgIpc) is 2.75. The van der Waals surface area contributed by atoms with Crippen molar-refractivity contribution in [3.05, 3.63) is 52.8 Å². The van der Waals surface area contributed by atoms with E-state index in [0.29, 0.717) is 0 Å². The maximum atomic E-state index is 10.3. The Balaban J connectivity index is 2.32. The fourth-order valence-corrected chi connectivity index (χ4v) is 2.05. The zero-order valence-electron chi connectivity index (χ0n) is 10.5. The molecule has 3 heteroatoms. The molecule has 2 rings (SSSR count). The molecule has 2 aromatic rings. The van der Waals surface area contributed by atoms with E-state index >= 15 is 0 Å². The van der Waals surface area contributed by atoms with Gasteiger partial charge in [-0.3, -0.25) is 4.68 Å². The third-order valence-corrected chi connectivity index (χ3v) is 2.85.